The highest BCUT2D eigenvalue weighted by Gasteiger charge is 2.25. The summed E-state index contributed by atoms with van der Waals surface area (Å²) in [7, 11) is 0. The van der Waals surface area contributed by atoms with Gasteiger partial charge in [-0.25, -0.2) is 4.79 Å². The predicted molar refractivity (Wildman–Crippen MR) is 320 cm³/mol. The van der Waals surface area contributed by atoms with Crippen molar-refractivity contribution in [1.29, 1.82) is 0 Å². The van der Waals surface area contributed by atoms with Crippen LogP contribution in [0.2, 0.25) is 0 Å². The number of carbonyl (C=O) groups excluding carboxylic acids is 7. The van der Waals surface area contributed by atoms with E-state index in [2.05, 4.69) is 21.3 Å². The van der Waals surface area contributed by atoms with Gasteiger partial charge in [-0.05, 0) is 46.0 Å². The summed E-state index contributed by atoms with van der Waals surface area (Å²) in [5, 5.41) is 46.9. The minimum Gasteiger partial charge on any atom is -0.481 e. The molecular formula is C58H111N5O18S. The van der Waals surface area contributed by atoms with Crippen LogP contribution in [0.1, 0.15) is 197 Å². The van der Waals surface area contributed by atoms with Crippen molar-refractivity contribution in [2.75, 3.05) is 90.6 Å². The van der Waals surface area contributed by atoms with E-state index in [-0.39, 0.29) is 186 Å². The molecule has 0 aromatic rings. The van der Waals surface area contributed by atoms with Gasteiger partial charge in [-0.3, -0.25) is 43.2 Å². The average molecular weight is 1200 g/mol. The molecule has 82 heavy (non-hydrogen) atoms. The molecule has 24 heteroatoms. The van der Waals surface area contributed by atoms with Crippen LogP contribution in [0, 0.1) is 11.8 Å². The molecule has 0 rings (SSSR count). The third-order valence-electron chi connectivity index (χ3n) is 12.3. The van der Waals surface area contributed by atoms with E-state index in [1.807, 2.05) is 0 Å². The Balaban J connectivity index is -0.00000207. The van der Waals surface area contributed by atoms with Crippen molar-refractivity contribution in [3.63, 3.8) is 0 Å². The molecule has 0 aliphatic rings. The van der Waals surface area contributed by atoms with Gasteiger partial charge in [0.2, 0.25) is 23.6 Å². The fourth-order valence-corrected chi connectivity index (χ4v) is 8.43. The molecule has 0 saturated carbocycles. The molecule has 0 aliphatic carbocycles. The second-order valence-electron chi connectivity index (χ2n) is 19.5. The van der Waals surface area contributed by atoms with E-state index >= 15 is 0 Å². The first-order valence-corrected chi connectivity index (χ1v) is 29.6. The summed E-state index contributed by atoms with van der Waals surface area (Å²) >= 11 is 1.25. The van der Waals surface area contributed by atoms with Gasteiger partial charge >= 0.3 is 17.9 Å². The number of nitrogens with two attached hydrogens (primary N) is 1. The van der Waals surface area contributed by atoms with Crippen LogP contribution >= 0.6 is 11.8 Å². The Morgan fingerprint density at radius 2 is 0.951 bits per heavy atom. The van der Waals surface area contributed by atoms with Crippen LogP contribution in [0.5, 0.6) is 0 Å². The van der Waals surface area contributed by atoms with Crippen LogP contribution in [0.25, 0.3) is 0 Å². The van der Waals surface area contributed by atoms with Crippen LogP contribution in [0.3, 0.4) is 0 Å². The average Bonchev–Trinajstić information content (AvgIpc) is 3.40. The van der Waals surface area contributed by atoms with Crippen LogP contribution in [0.15, 0.2) is 0 Å². The zero-order chi connectivity index (χ0) is 59.3. The Morgan fingerprint density at radius 3 is 1.39 bits per heavy atom. The fourth-order valence-electron chi connectivity index (χ4n) is 7.32. The molecule has 0 saturated heterocycles. The minimum absolute atomic E-state index is 0. The number of unbranched alkanes of at least 4 members (excludes halogenated alkanes) is 15. The van der Waals surface area contributed by atoms with Crippen molar-refractivity contribution in [1.82, 2.24) is 21.3 Å². The molecule has 0 aliphatic heterocycles. The summed E-state index contributed by atoms with van der Waals surface area (Å²) in [6.07, 6.45) is 19.2. The van der Waals surface area contributed by atoms with E-state index in [9.17, 15) is 53.1 Å². The number of amides is 4. The number of aliphatic hydroxyl groups is 1. The zero-order valence-corrected chi connectivity index (χ0v) is 48.5. The smallest absolute Gasteiger partial charge is 0.326 e. The number of ketones is 3. The highest BCUT2D eigenvalue weighted by atomic mass is 32.2. The summed E-state index contributed by atoms with van der Waals surface area (Å²) < 4.78 is 21.4. The minimum atomic E-state index is -1.23. The quantitative estimate of drug-likeness (QED) is 0.0295. The molecule has 0 unspecified atom stereocenters. The topological polar surface area (TPSA) is 363 Å². The van der Waals surface area contributed by atoms with E-state index in [4.69, 9.17) is 40.0 Å². The van der Waals surface area contributed by atoms with Gasteiger partial charge in [0.1, 0.15) is 36.6 Å². The van der Waals surface area contributed by atoms with E-state index in [0.717, 1.165) is 38.5 Å². The monoisotopic (exact) mass is 1200 g/mol. The summed E-state index contributed by atoms with van der Waals surface area (Å²) in [5.41, 5.74) is 5.09. The summed E-state index contributed by atoms with van der Waals surface area (Å²) in [6, 6.07) is -1.40. The summed E-state index contributed by atoms with van der Waals surface area (Å²) in [4.78, 5) is 116. The molecule has 0 aromatic carbocycles. The van der Waals surface area contributed by atoms with Crippen molar-refractivity contribution < 1.29 is 87.3 Å². The number of nitrogens with one attached hydrogen (secondary N) is 4. The second-order valence-corrected chi connectivity index (χ2v) is 20.5. The summed E-state index contributed by atoms with van der Waals surface area (Å²) in [5.74, 6) is -5.89. The first-order chi connectivity index (χ1) is 37.8. The fraction of sp³-hybridized carbons (Fsp3) is 0.828. The number of aliphatic carboxylic acids is 3. The molecule has 0 spiro atoms. The van der Waals surface area contributed by atoms with Crippen LogP contribution in [0.4, 0.5) is 0 Å². The number of ether oxygens (including phenoxy) is 4. The van der Waals surface area contributed by atoms with Crippen molar-refractivity contribution >= 4 is 70.6 Å². The first kappa shape index (κ1) is 86.2. The molecule has 4 atom stereocenters. The van der Waals surface area contributed by atoms with Crippen molar-refractivity contribution in [2.24, 2.45) is 17.6 Å². The van der Waals surface area contributed by atoms with Crippen LogP contribution in [-0.2, 0) is 66.9 Å². The van der Waals surface area contributed by atoms with Gasteiger partial charge in [-0.1, -0.05) is 119 Å². The maximum Gasteiger partial charge on any atom is 0.326 e. The number of rotatable bonds is 55. The van der Waals surface area contributed by atoms with Crippen molar-refractivity contribution in [3.05, 3.63) is 0 Å². The third kappa shape index (κ3) is 58.6. The van der Waals surface area contributed by atoms with Gasteiger partial charge < -0.3 is 66.4 Å². The predicted octanol–water partition coefficient (Wildman–Crippen LogP) is 6.45. The Morgan fingerprint density at radius 1 is 0.512 bits per heavy atom. The van der Waals surface area contributed by atoms with Gasteiger partial charge in [0.25, 0.3) is 0 Å². The number of carboxylic acid groups (broad SMARTS) is 3. The van der Waals surface area contributed by atoms with Gasteiger partial charge in [0.05, 0.1) is 57.4 Å². The third-order valence-corrected chi connectivity index (χ3v) is 13.4. The zero-order valence-electron chi connectivity index (χ0n) is 47.7. The lowest BCUT2D eigenvalue weighted by molar-refractivity contribution is -0.145. The maximum atomic E-state index is 12.4. The second kappa shape index (κ2) is 61.0. The van der Waals surface area contributed by atoms with Crippen molar-refractivity contribution in [2.45, 2.75) is 209 Å². The maximum absolute atomic E-state index is 12.4. The van der Waals surface area contributed by atoms with E-state index in [1.165, 1.54) is 76.5 Å². The summed E-state index contributed by atoms with van der Waals surface area (Å²) in [6.45, 7) is 5.76. The number of carboxylic acids is 3. The lowest BCUT2D eigenvalue weighted by Gasteiger charge is -2.15. The Hall–Kier alpha value is -4.59. The molecule has 0 aromatic heterocycles. The van der Waals surface area contributed by atoms with Gasteiger partial charge in [-0.2, -0.15) is 11.8 Å². The Bertz CT molecular complexity index is 1690. The first-order valence-electron chi connectivity index (χ1n) is 28.4. The molecular weight excluding hydrogens is 1090 g/mol. The number of Topliss-reactive ketones (excluding diaryl/α,β-unsaturated/α-hetero) is 3. The Labute approximate surface area is 494 Å². The standard InChI is InChI=1S/C51H90N4O17S.C4H9NO.3CH4/c1-2-40(44(58)34-41(35-56)50(65)66)38-73-39-48(62)53-26-25-52-46(60)36-72-33-31-70-29-27-54-47(61)37-71-32-30-69-28-19-20-42(57)23-24-43(51(67)68)55-45(59)21-17-15-13-11-9-7-5-3-4-6-8-10-12-14-16-18-22-49(63)64;1-3(5)4(2)6;;;/h40-41,43,56H,2-39H2,1H3,(H,52,60)(H,53,62)(H,54,61)(H,55,59)(H,63,64)(H,65,66)(H,67,68);3H,5H2,1-2H3;3*1H4/t40-,41-,43-;3-;;;/m00.../s1. The Kier molecular flexibility index (Phi) is 64.1. The number of thioether (sulfide) groups is 1. The van der Waals surface area contributed by atoms with Crippen LogP contribution in [-0.4, -0.2) is 182 Å². The SMILES string of the molecule is C.C.C.CC(=O)[C@H](C)N.CC[C@@H](CSCC(=O)NCCNC(=O)COCCOCCNC(=O)COCCOCCCC(=O)CC[C@H](NC(=O)CCCCCCCCCCCCCCCCCCC(=O)O)C(=O)O)C(=O)C[C@@H](CO)C(=O)O. The molecule has 482 valence electrons. The molecule has 0 radical (unpaired) electrons. The lowest BCUT2D eigenvalue weighted by atomic mass is 9.94. The molecule has 10 N–H and O–H groups in total. The van der Waals surface area contributed by atoms with Gasteiger partial charge in [0, 0.05) is 70.0 Å². The normalized spacial score (nSPS) is 12.0. The lowest BCUT2D eigenvalue weighted by Crippen LogP contribution is -2.41. The van der Waals surface area contributed by atoms with E-state index in [1.54, 1.807) is 13.8 Å². The molecule has 0 heterocycles. The van der Waals surface area contributed by atoms with Crippen LogP contribution < -0.4 is 27.0 Å². The number of hydrogen-bond acceptors (Lipinski definition) is 17. The largest absolute Gasteiger partial charge is 0.481 e. The highest BCUT2D eigenvalue weighted by Crippen LogP contribution is 2.18. The number of aliphatic hydroxyl groups excluding tert-OH is 1. The van der Waals surface area contributed by atoms with E-state index in [0.29, 0.717) is 25.0 Å². The number of carbonyl (C=O) groups is 10. The van der Waals surface area contributed by atoms with E-state index < -0.39 is 42.4 Å². The molecule has 4 amide bonds. The number of hydrogen-bond donors (Lipinski definition) is 9. The molecule has 0 fully saturated rings. The highest BCUT2D eigenvalue weighted by molar-refractivity contribution is 7.99. The molecule has 0 bridgehead atoms. The molecule has 23 nitrogen and oxygen atoms in total. The van der Waals surface area contributed by atoms with Crippen molar-refractivity contribution in [3.8, 4) is 0 Å². The van der Waals surface area contributed by atoms with Gasteiger partial charge in [0.15, 0.2) is 0 Å². The van der Waals surface area contributed by atoms with Gasteiger partial charge in [-0.15, -0.1) is 0 Å².